The predicted molar refractivity (Wildman–Crippen MR) is 116 cm³/mol. The number of anilines is 1. The standard InChI is InChI=1S/C22H27N7O2/c1-13(2)29-18-15(12-25-29)9-22(10-17(18)30)4-6-28(7-5-22)21(31)14-8-16-19(23-3)26-27-20(16)24-11-14/h8,11-13H,4-7,9-10H2,1-3H3,(H2,23,24,26,27). The maximum Gasteiger partial charge on any atom is 0.255 e. The molecule has 3 aromatic rings. The van der Waals surface area contributed by atoms with Gasteiger partial charge in [0.1, 0.15) is 5.69 Å². The molecular formula is C22H27N7O2. The van der Waals surface area contributed by atoms with Gasteiger partial charge in [-0.3, -0.25) is 19.4 Å². The minimum absolute atomic E-state index is 0.0250. The van der Waals surface area contributed by atoms with E-state index in [2.05, 4.69) is 25.6 Å². The largest absolute Gasteiger partial charge is 0.371 e. The van der Waals surface area contributed by atoms with Crippen LogP contribution < -0.4 is 5.32 Å². The average Bonchev–Trinajstić information content (AvgIpc) is 3.37. The second kappa shape index (κ2) is 7.18. The zero-order valence-electron chi connectivity index (χ0n) is 18.1. The molecule has 1 saturated heterocycles. The first-order valence-corrected chi connectivity index (χ1v) is 10.8. The van der Waals surface area contributed by atoms with Crippen molar-refractivity contribution in [2.24, 2.45) is 5.41 Å². The van der Waals surface area contributed by atoms with Crippen LogP contribution in [0, 0.1) is 5.41 Å². The Morgan fingerprint density at radius 2 is 2.00 bits per heavy atom. The van der Waals surface area contributed by atoms with Crippen molar-refractivity contribution in [1.29, 1.82) is 0 Å². The Bertz CT molecular complexity index is 1170. The fourth-order valence-corrected chi connectivity index (χ4v) is 5.05. The van der Waals surface area contributed by atoms with Crippen LogP contribution in [0.3, 0.4) is 0 Å². The number of Topliss-reactive ketones (excluding diaryl/α,β-unsaturated/α-hetero) is 1. The van der Waals surface area contributed by atoms with E-state index in [0.29, 0.717) is 36.5 Å². The number of hydrogen-bond donors (Lipinski definition) is 2. The van der Waals surface area contributed by atoms with Crippen molar-refractivity contribution in [1.82, 2.24) is 29.9 Å². The number of carbonyl (C=O) groups is 2. The molecule has 1 fully saturated rings. The fourth-order valence-electron chi connectivity index (χ4n) is 5.05. The minimum Gasteiger partial charge on any atom is -0.371 e. The molecule has 9 nitrogen and oxygen atoms in total. The number of nitrogens with one attached hydrogen (secondary N) is 2. The van der Waals surface area contributed by atoms with Crippen molar-refractivity contribution in [3.05, 3.63) is 35.3 Å². The number of aromatic amines is 1. The number of hydrogen-bond acceptors (Lipinski definition) is 6. The molecule has 162 valence electrons. The number of nitrogens with zero attached hydrogens (tertiary/aromatic N) is 5. The van der Waals surface area contributed by atoms with Crippen LogP contribution in [-0.4, -0.2) is 61.7 Å². The Balaban J connectivity index is 1.32. The number of H-pyrrole nitrogens is 1. The van der Waals surface area contributed by atoms with Crippen LogP contribution in [0.1, 0.15) is 65.6 Å². The Labute approximate surface area is 180 Å². The van der Waals surface area contributed by atoms with Crippen LogP contribution >= 0.6 is 0 Å². The van der Waals surface area contributed by atoms with Crippen molar-refractivity contribution in [2.75, 3.05) is 25.5 Å². The summed E-state index contributed by atoms with van der Waals surface area (Å²) in [5.74, 6) is 0.831. The van der Waals surface area contributed by atoms with E-state index < -0.39 is 0 Å². The first kappa shape index (κ1) is 19.7. The van der Waals surface area contributed by atoms with Crippen LogP contribution in [0.4, 0.5) is 5.82 Å². The smallest absolute Gasteiger partial charge is 0.255 e. The molecule has 5 rings (SSSR count). The molecule has 2 aliphatic rings. The van der Waals surface area contributed by atoms with Crippen molar-refractivity contribution in [2.45, 2.75) is 45.6 Å². The maximum atomic E-state index is 13.1. The molecule has 0 aromatic carbocycles. The molecule has 4 heterocycles. The molecular weight excluding hydrogens is 394 g/mol. The van der Waals surface area contributed by atoms with Gasteiger partial charge in [0, 0.05) is 44.4 Å². The van der Waals surface area contributed by atoms with Crippen LogP contribution in [0.2, 0.25) is 0 Å². The van der Waals surface area contributed by atoms with Gasteiger partial charge in [-0.25, -0.2) is 4.98 Å². The van der Waals surface area contributed by atoms with Gasteiger partial charge in [-0.15, -0.1) is 0 Å². The van der Waals surface area contributed by atoms with E-state index in [0.717, 1.165) is 35.9 Å². The summed E-state index contributed by atoms with van der Waals surface area (Å²) in [4.78, 5) is 32.3. The quantitative estimate of drug-likeness (QED) is 0.673. The number of amides is 1. The molecule has 1 spiro atoms. The first-order valence-electron chi connectivity index (χ1n) is 10.8. The molecule has 2 N–H and O–H groups in total. The SMILES string of the molecule is CNc1n[nH]c2ncc(C(=O)N3CCC4(CC3)CC(=O)c3c(cnn3C(C)C)C4)cc12. The van der Waals surface area contributed by atoms with Gasteiger partial charge in [0.05, 0.1) is 17.1 Å². The summed E-state index contributed by atoms with van der Waals surface area (Å²) < 4.78 is 1.85. The van der Waals surface area contributed by atoms with Crippen molar-refractivity contribution < 1.29 is 9.59 Å². The molecule has 31 heavy (non-hydrogen) atoms. The lowest BCUT2D eigenvalue weighted by atomic mass is 9.67. The van der Waals surface area contributed by atoms with Crippen LogP contribution in [-0.2, 0) is 6.42 Å². The third-order valence-electron chi connectivity index (χ3n) is 6.74. The summed E-state index contributed by atoms with van der Waals surface area (Å²) in [6, 6.07) is 2.01. The average molecular weight is 422 g/mol. The summed E-state index contributed by atoms with van der Waals surface area (Å²) in [5.41, 5.74) is 2.97. The fraction of sp³-hybridized carbons (Fsp3) is 0.500. The highest BCUT2D eigenvalue weighted by molar-refractivity contribution is 5.99. The number of pyridine rings is 1. The van der Waals surface area contributed by atoms with E-state index in [1.54, 1.807) is 13.2 Å². The van der Waals surface area contributed by atoms with E-state index in [9.17, 15) is 9.59 Å². The molecule has 0 atom stereocenters. The van der Waals surface area contributed by atoms with Gasteiger partial charge in [-0.05, 0) is 44.6 Å². The summed E-state index contributed by atoms with van der Waals surface area (Å²) in [6.07, 6.45) is 6.49. The summed E-state index contributed by atoms with van der Waals surface area (Å²) in [7, 11) is 1.79. The Kier molecular flexibility index (Phi) is 4.56. The van der Waals surface area contributed by atoms with Crippen LogP contribution in [0.25, 0.3) is 11.0 Å². The van der Waals surface area contributed by atoms with E-state index in [4.69, 9.17) is 0 Å². The van der Waals surface area contributed by atoms with E-state index in [1.165, 1.54) is 0 Å². The Hall–Kier alpha value is -3.23. The van der Waals surface area contributed by atoms with Gasteiger partial charge in [0.15, 0.2) is 17.2 Å². The number of likely N-dealkylation sites (tertiary alicyclic amines) is 1. The molecule has 9 heteroatoms. The molecule has 0 bridgehead atoms. The molecule has 0 radical (unpaired) electrons. The highest BCUT2D eigenvalue weighted by Crippen LogP contribution is 2.44. The van der Waals surface area contributed by atoms with Gasteiger partial charge in [-0.2, -0.15) is 10.2 Å². The molecule has 0 unspecified atom stereocenters. The predicted octanol–water partition coefficient (Wildman–Crippen LogP) is 2.83. The van der Waals surface area contributed by atoms with Crippen molar-refractivity contribution >= 4 is 28.5 Å². The summed E-state index contributed by atoms with van der Waals surface area (Å²) in [5, 5.41) is 15.3. The van der Waals surface area contributed by atoms with E-state index >= 15 is 0 Å². The van der Waals surface area contributed by atoms with Gasteiger partial charge in [0.2, 0.25) is 0 Å². The monoisotopic (exact) mass is 421 g/mol. The molecule has 1 aliphatic heterocycles. The second-order valence-electron chi connectivity index (χ2n) is 9.07. The number of carbonyl (C=O) groups excluding carboxylic acids is 2. The zero-order chi connectivity index (χ0) is 21.8. The van der Waals surface area contributed by atoms with Gasteiger partial charge < -0.3 is 10.2 Å². The third kappa shape index (κ3) is 3.19. The highest BCUT2D eigenvalue weighted by Gasteiger charge is 2.43. The summed E-state index contributed by atoms with van der Waals surface area (Å²) >= 11 is 0. The summed E-state index contributed by atoms with van der Waals surface area (Å²) in [6.45, 7) is 5.37. The van der Waals surface area contributed by atoms with E-state index in [1.807, 2.05) is 35.7 Å². The second-order valence-corrected chi connectivity index (χ2v) is 9.07. The molecule has 3 aromatic heterocycles. The lowest BCUT2D eigenvalue weighted by Gasteiger charge is -2.43. The highest BCUT2D eigenvalue weighted by atomic mass is 16.2. The maximum absolute atomic E-state index is 13.1. The number of piperidine rings is 1. The normalized spacial score (nSPS) is 18.1. The Morgan fingerprint density at radius 1 is 1.23 bits per heavy atom. The number of aromatic nitrogens is 5. The topological polar surface area (TPSA) is 109 Å². The number of rotatable bonds is 3. The number of fused-ring (bicyclic) bond motifs is 2. The van der Waals surface area contributed by atoms with Gasteiger partial charge in [0.25, 0.3) is 5.91 Å². The van der Waals surface area contributed by atoms with Gasteiger partial charge >= 0.3 is 0 Å². The molecule has 1 aliphatic carbocycles. The lowest BCUT2D eigenvalue weighted by molar-refractivity contribution is 0.0517. The van der Waals surface area contributed by atoms with Crippen LogP contribution in [0.5, 0.6) is 0 Å². The third-order valence-corrected chi connectivity index (χ3v) is 6.74. The van der Waals surface area contributed by atoms with Crippen molar-refractivity contribution in [3.8, 4) is 0 Å². The Morgan fingerprint density at radius 3 is 2.71 bits per heavy atom. The van der Waals surface area contributed by atoms with Crippen molar-refractivity contribution in [3.63, 3.8) is 0 Å². The lowest BCUT2D eigenvalue weighted by Crippen LogP contribution is -2.46. The number of ketones is 1. The van der Waals surface area contributed by atoms with Gasteiger partial charge in [-0.1, -0.05) is 0 Å². The zero-order valence-corrected chi connectivity index (χ0v) is 18.1. The van der Waals surface area contributed by atoms with Crippen LogP contribution in [0.15, 0.2) is 18.5 Å². The first-order chi connectivity index (χ1) is 14.9. The minimum atomic E-state index is -0.0717. The molecule has 1 amide bonds. The van der Waals surface area contributed by atoms with E-state index in [-0.39, 0.29) is 23.1 Å². The molecule has 0 saturated carbocycles.